The Balaban J connectivity index is 1.62. The van der Waals surface area contributed by atoms with Crippen LogP contribution in [0.4, 0.5) is 13.2 Å². The first-order chi connectivity index (χ1) is 13.2. The van der Waals surface area contributed by atoms with Crippen molar-refractivity contribution in [3.8, 4) is 5.75 Å². The van der Waals surface area contributed by atoms with Gasteiger partial charge in [0.25, 0.3) is 0 Å². The van der Waals surface area contributed by atoms with Crippen molar-refractivity contribution < 1.29 is 32.2 Å². The Bertz CT molecular complexity index is 638. The van der Waals surface area contributed by atoms with Gasteiger partial charge in [-0.05, 0) is 62.9 Å². The van der Waals surface area contributed by atoms with Gasteiger partial charge in [-0.25, -0.2) is 4.79 Å². The molecule has 1 aliphatic heterocycles. The van der Waals surface area contributed by atoms with E-state index in [9.17, 15) is 22.8 Å². The van der Waals surface area contributed by atoms with Crippen LogP contribution in [0.25, 0.3) is 0 Å². The van der Waals surface area contributed by atoms with E-state index in [-0.39, 0.29) is 24.9 Å². The third-order valence-corrected chi connectivity index (χ3v) is 4.64. The van der Waals surface area contributed by atoms with Gasteiger partial charge in [-0.3, -0.25) is 4.90 Å². The average Bonchev–Trinajstić information content (AvgIpc) is 2.63. The lowest BCUT2D eigenvalue weighted by molar-refractivity contribution is -0.151. The van der Waals surface area contributed by atoms with Crippen LogP contribution in [0.2, 0.25) is 0 Å². The molecule has 8 heteroatoms. The quantitative estimate of drug-likeness (QED) is 0.594. The molecule has 0 spiro atoms. The summed E-state index contributed by atoms with van der Waals surface area (Å²) in [5, 5.41) is 0. The number of ketones is 1. The highest BCUT2D eigenvalue weighted by Gasteiger charge is 2.32. The second-order valence-electron chi connectivity index (χ2n) is 7.15. The normalized spacial score (nSPS) is 16.0. The molecule has 0 saturated carbocycles. The van der Waals surface area contributed by atoms with Gasteiger partial charge in [0.2, 0.25) is 0 Å². The first-order valence-electron chi connectivity index (χ1n) is 9.37. The summed E-state index contributed by atoms with van der Waals surface area (Å²) in [6, 6.07) is 7.16. The van der Waals surface area contributed by atoms with Crippen LogP contribution in [-0.4, -0.2) is 55.7 Å². The number of piperidine rings is 1. The van der Waals surface area contributed by atoms with E-state index < -0.39 is 18.7 Å². The molecule has 0 amide bonds. The Hall–Kier alpha value is -2.09. The fraction of sp³-hybridized carbons (Fsp3) is 0.600. The number of likely N-dealkylation sites (tertiary alicyclic amines) is 1. The Labute approximate surface area is 162 Å². The highest BCUT2D eigenvalue weighted by Crippen LogP contribution is 2.22. The molecule has 0 bridgehead atoms. The molecule has 28 heavy (non-hydrogen) atoms. The average molecular weight is 401 g/mol. The molecule has 2 rings (SSSR count). The largest absolute Gasteiger partial charge is 0.482 e. The van der Waals surface area contributed by atoms with Crippen LogP contribution in [0.1, 0.15) is 31.7 Å². The van der Waals surface area contributed by atoms with Gasteiger partial charge in [0.05, 0.1) is 13.2 Å². The first-order valence-corrected chi connectivity index (χ1v) is 9.37. The van der Waals surface area contributed by atoms with Gasteiger partial charge in [0.15, 0.2) is 6.61 Å². The van der Waals surface area contributed by atoms with Crippen molar-refractivity contribution in [1.82, 2.24) is 4.90 Å². The number of ether oxygens (including phenoxy) is 2. The molecule has 5 nitrogen and oxygen atoms in total. The Morgan fingerprint density at radius 3 is 2.36 bits per heavy atom. The number of carbonyl (C=O) groups is 2. The predicted molar refractivity (Wildman–Crippen MR) is 97.1 cm³/mol. The minimum Gasteiger partial charge on any atom is -0.482 e. The molecular formula is C20H26F3NO4. The van der Waals surface area contributed by atoms with E-state index in [0.29, 0.717) is 44.5 Å². The number of nitrogens with zero attached hydrogens (tertiary/aromatic N) is 1. The van der Waals surface area contributed by atoms with Crippen molar-refractivity contribution in [2.45, 2.75) is 38.8 Å². The SMILES string of the molecule is CC(=O)CCc1ccc(OCC(=O)OCC2CCN(CC(F)(F)F)CC2)cc1. The van der Waals surface area contributed by atoms with Crippen molar-refractivity contribution in [3.63, 3.8) is 0 Å². The highest BCUT2D eigenvalue weighted by molar-refractivity contribution is 5.75. The van der Waals surface area contributed by atoms with Gasteiger partial charge < -0.3 is 14.3 Å². The van der Waals surface area contributed by atoms with Crippen LogP contribution in [0.15, 0.2) is 24.3 Å². The molecule has 1 aliphatic rings. The van der Waals surface area contributed by atoms with E-state index in [2.05, 4.69) is 0 Å². The number of hydrogen-bond acceptors (Lipinski definition) is 5. The van der Waals surface area contributed by atoms with Crippen molar-refractivity contribution in [2.24, 2.45) is 5.92 Å². The van der Waals surface area contributed by atoms with Crippen LogP contribution in [-0.2, 0) is 20.7 Å². The number of alkyl halides is 3. The summed E-state index contributed by atoms with van der Waals surface area (Å²) >= 11 is 0. The van der Waals surface area contributed by atoms with Gasteiger partial charge in [-0.15, -0.1) is 0 Å². The molecule has 0 unspecified atom stereocenters. The molecule has 1 aromatic carbocycles. The van der Waals surface area contributed by atoms with Gasteiger partial charge in [-0.2, -0.15) is 13.2 Å². The maximum atomic E-state index is 12.4. The lowest BCUT2D eigenvalue weighted by atomic mass is 9.98. The maximum Gasteiger partial charge on any atom is 0.401 e. The molecular weight excluding hydrogens is 375 g/mol. The fourth-order valence-electron chi connectivity index (χ4n) is 3.03. The van der Waals surface area contributed by atoms with Gasteiger partial charge in [-0.1, -0.05) is 12.1 Å². The minimum absolute atomic E-state index is 0.0778. The van der Waals surface area contributed by atoms with Gasteiger partial charge in [0, 0.05) is 6.42 Å². The van der Waals surface area contributed by atoms with Crippen LogP contribution in [0.5, 0.6) is 5.75 Å². The summed E-state index contributed by atoms with van der Waals surface area (Å²) < 4.78 is 47.7. The smallest absolute Gasteiger partial charge is 0.401 e. The standard InChI is InChI=1S/C20H26F3NO4/c1-15(25)2-3-16-4-6-18(7-5-16)27-13-19(26)28-12-17-8-10-24(11-9-17)14-20(21,22)23/h4-7,17H,2-3,8-14H2,1H3. The summed E-state index contributed by atoms with van der Waals surface area (Å²) in [4.78, 5) is 24.2. The van der Waals surface area contributed by atoms with E-state index >= 15 is 0 Å². The zero-order valence-electron chi connectivity index (χ0n) is 16.0. The van der Waals surface area contributed by atoms with Crippen molar-refractivity contribution in [1.29, 1.82) is 0 Å². The monoisotopic (exact) mass is 401 g/mol. The third kappa shape index (κ3) is 8.73. The van der Waals surface area contributed by atoms with E-state index in [1.807, 2.05) is 12.1 Å². The molecule has 0 N–H and O–H groups in total. The second kappa shape index (κ2) is 10.5. The van der Waals surface area contributed by atoms with Crippen LogP contribution >= 0.6 is 0 Å². The number of Topliss-reactive ketones (excluding diaryl/α,β-unsaturated/α-hetero) is 1. The van der Waals surface area contributed by atoms with Crippen LogP contribution in [0.3, 0.4) is 0 Å². The number of esters is 1. The van der Waals surface area contributed by atoms with Gasteiger partial charge in [0.1, 0.15) is 11.5 Å². The summed E-state index contributed by atoms with van der Waals surface area (Å²) in [7, 11) is 0. The number of halogens is 3. The molecule has 0 aliphatic carbocycles. The lowest BCUT2D eigenvalue weighted by Gasteiger charge is -2.31. The molecule has 1 aromatic rings. The highest BCUT2D eigenvalue weighted by atomic mass is 19.4. The van der Waals surface area contributed by atoms with Crippen LogP contribution < -0.4 is 4.74 Å². The van der Waals surface area contributed by atoms with E-state index in [0.717, 1.165) is 5.56 Å². The minimum atomic E-state index is -4.18. The summed E-state index contributed by atoms with van der Waals surface area (Å²) in [5.41, 5.74) is 1.02. The summed E-state index contributed by atoms with van der Waals surface area (Å²) in [5.74, 6) is 0.241. The predicted octanol–water partition coefficient (Wildman–Crippen LogP) is 3.40. The number of aryl methyl sites for hydroxylation is 1. The van der Waals surface area contributed by atoms with Gasteiger partial charge >= 0.3 is 12.1 Å². The van der Waals surface area contributed by atoms with Crippen molar-refractivity contribution >= 4 is 11.8 Å². The third-order valence-electron chi connectivity index (χ3n) is 4.64. The number of carbonyl (C=O) groups excluding carboxylic acids is 2. The lowest BCUT2D eigenvalue weighted by Crippen LogP contribution is -2.41. The van der Waals surface area contributed by atoms with E-state index in [1.165, 1.54) is 4.90 Å². The zero-order chi connectivity index (χ0) is 20.6. The summed E-state index contributed by atoms with van der Waals surface area (Å²) in [6.45, 7) is 1.35. The molecule has 0 atom stereocenters. The topological polar surface area (TPSA) is 55.8 Å². The summed E-state index contributed by atoms with van der Waals surface area (Å²) in [6.07, 6.45) is -1.87. The molecule has 1 fully saturated rings. The molecule has 0 aromatic heterocycles. The zero-order valence-corrected chi connectivity index (χ0v) is 16.0. The number of rotatable bonds is 9. The molecule has 1 heterocycles. The number of benzene rings is 1. The Morgan fingerprint density at radius 1 is 1.14 bits per heavy atom. The number of hydrogen-bond donors (Lipinski definition) is 0. The Morgan fingerprint density at radius 2 is 1.79 bits per heavy atom. The fourth-order valence-corrected chi connectivity index (χ4v) is 3.03. The first kappa shape index (κ1) is 22.2. The van der Waals surface area contributed by atoms with Crippen molar-refractivity contribution in [3.05, 3.63) is 29.8 Å². The molecule has 156 valence electrons. The van der Waals surface area contributed by atoms with E-state index in [1.54, 1.807) is 19.1 Å². The molecule has 0 radical (unpaired) electrons. The van der Waals surface area contributed by atoms with Crippen LogP contribution in [0, 0.1) is 5.92 Å². The van der Waals surface area contributed by atoms with E-state index in [4.69, 9.17) is 9.47 Å². The second-order valence-corrected chi connectivity index (χ2v) is 7.15. The maximum absolute atomic E-state index is 12.4. The Kier molecular flexibility index (Phi) is 8.29. The van der Waals surface area contributed by atoms with Crippen molar-refractivity contribution in [2.75, 3.05) is 32.8 Å². The molecule has 1 saturated heterocycles.